The van der Waals surface area contributed by atoms with Crippen LogP contribution in [0.4, 0.5) is 4.79 Å². The zero-order chi connectivity index (χ0) is 26.4. The number of hydrogen-bond acceptors (Lipinski definition) is 5. The minimum absolute atomic E-state index is 0.168. The monoisotopic (exact) mass is 476 g/mol. The first-order chi connectivity index (χ1) is 15.4. The highest BCUT2D eigenvalue weighted by atomic mass is 16.6. The van der Waals surface area contributed by atoms with Crippen LogP contribution in [0.2, 0.25) is 0 Å². The second-order valence-corrected chi connectivity index (χ2v) is 10.7. The van der Waals surface area contributed by atoms with Gasteiger partial charge in [-0.2, -0.15) is 0 Å². The molecular formula is C25H40N4O5. The summed E-state index contributed by atoms with van der Waals surface area (Å²) >= 11 is 0. The molecule has 0 saturated carbocycles. The molecule has 0 heterocycles. The quantitative estimate of drug-likeness (QED) is 0.531. The normalized spacial score (nSPS) is 13.6. The first kappa shape index (κ1) is 28.9. The van der Waals surface area contributed by atoms with Crippen LogP contribution in [0, 0.1) is 6.92 Å². The average molecular weight is 477 g/mol. The predicted octanol–water partition coefficient (Wildman–Crippen LogP) is 2.96. The maximum atomic E-state index is 13.9. The van der Waals surface area contributed by atoms with Gasteiger partial charge in [0.2, 0.25) is 17.7 Å². The molecule has 0 aliphatic heterocycles. The highest BCUT2D eigenvalue weighted by molar-refractivity contribution is 5.95. The molecule has 190 valence electrons. The van der Waals surface area contributed by atoms with Crippen molar-refractivity contribution in [1.82, 2.24) is 15.5 Å². The summed E-state index contributed by atoms with van der Waals surface area (Å²) in [6.07, 6.45) is -1.31. The van der Waals surface area contributed by atoms with E-state index < -0.39 is 47.6 Å². The van der Waals surface area contributed by atoms with Crippen molar-refractivity contribution >= 4 is 23.8 Å². The molecule has 0 bridgehead atoms. The predicted molar refractivity (Wildman–Crippen MR) is 131 cm³/mol. The number of nitrogens with zero attached hydrogens (tertiary/aromatic N) is 1. The van der Waals surface area contributed by atoms with Crippen molar-refractivity contribution in [1.29, 1.82) is 0 Å². The molecular weight excluding hydrogens is 436 g/mol. The van der Waals surface area contributed by atoms with Crippen LogP contribution in [0.15, 0.2) is 24.3 Å². The van der Waals surface area contributed by atoms with Crippen molar-refractivity contribution in [2.45, 2.75) is 98.0 Å². The van der Waals surface area contributed by atoms with Crippen molar-refractivity contribution in [3.05, 3.63) is 35.4 Å². The van der Waals surface area contributed by atoms with Crippen LogP contribution in [0.3, 0.4) is 0 Å². The summed E-state index contributed by atoms with van der Waals surface area (Å²) in [4.78, 5) is 52.9. The summed E-state index contributed by atoms with van der Waals surface area (Å²) in [5.74, 6) is -1.77. The minimum atomic E-state index is -1.31. The molecule has 0 radical (unpaired) electrons. The zero-order valence-corrected chi connectivity index (χ0v) is 21.8. The molecule has 4 amide bonds. The van der Waals surface area contributed by atoms with Crippen molar-refractivity contribution in [2.75, 3.05) is 0 Å². The van der Waals surface area contributed by atoms with Gasteiger partial charge in [0.05, 0.1) is 6.42 Å². The Morgan fingerprint density at radius 3 is 2.06 bits per heavy atom. The number of nitrogens with two attached hydrogens (primary N) is 1. The number of primary amides is 1. The van der Waals surface area contributed by atoms with Gasteiger partial charge in [0, 0.05) is 11.6 Å². The average Bonchev–Trinajstić information content (AvgIpc) is 2.61. The molecule has 34 heavy (non-hydrogen) atoms. The maximum absolute atomic E-state index is 13.9. The van der Waals surface area contributed by atoms with Gasteiger partial charge < -0.3 is 26.0 Å². The number of aryl methyl sites for hydroxylation is 1. The number of benzene rings is 1. The van der Waals surface area contributed by atoms with Crippen LogP contribution in [0.1, 0.15) is 79.0 Å². The maximum Gasteiger partial charge on any atom is 0.408 e. The van der Waals surface area contributed by atoms with Gasteiger partial charge in [-0.05, 0) is 67.9 Å². The summed E-state index contributed by atoms with van der Waals surface area (Å²) in [6.45, 7) is 15.9. The van der Waals surface area contributed by atoms with Crippen LogP contribution >= 0.6 is 0 Å². The Bertz CT molecular complexity index is 899. The minimum Gasteiger partial charge on any atom is -0.444 e. The number of ether oxygens (including phenoxy) is 1. The van der Waals surface area contributed by atoms with Gasteiger partial charge in [0.25, 0.3) is 0 Å². The number of alkyl carbamates (subject to hydrolysis) is 1. The van der Waals surface area contributed by atoms with E-state index in [4.69, 9.17) is 10.5 Å². The Morgan fingerprint density at radius 2 is 1.62 bits per heavy atom. The summed E-state index contributed by atoms with van der Waals surface area (Å²) < 4.78 is 5.27. The van der Waals surface area contributed by atoms with E-state index in [2.05, 4.69) is 10.6 Å². The SMILES string of the molecule is Cc1cccc(C(C(=O)NC(C)C)N(C(=O)C(CC(N)=O)NC(=O)OC(C)(C)C)C(C)(C)C)c1. The van der Waals surface area contributed by atoms with Crippen LogP contribution in [0.25, 0.3) is 0 Å². The molecule has 1 aromatic rings. The molecule has 4 N–H and O–H groups in total. The standard InChI is InChI=1S/C25H40N4O5/c1-15(2)27-21(31)20(17-12-10-11-16(3)13-17)29(24(4,5)6)22(32)18(14-19(26)30)28-23(33)34-25(7,8)9/h10-13,15,18,20H,14H2,1-9H3,(H2,26,30)(H,27,31)(H,28,33). The summed E-state index contributed by atoms with van der Waals surface area (Å²) in [5, 5.41) is 5.35. The van der Waals surface area contributed by atoms with Gasteiger partial charge in [-0.1, -0.05) is 29.8 Å². The first-order valence-corrected chi connectivity index (χ1v) is 11.4. The van der Waals surface area contributed by atoms with E-state index in [0.29, 0.717) is 5.56 Å². The topological polar surface area (TPSA) is 131 Å². The van der Waals surface area contributed by atoms with E-state index in [9.17, 15) is 19.2 Å². The lowest BCUT2D eigenvalue weighted by Crippen LogP contribution is -2.59. The summed E-state index contributed by atoms with van der Waals surface area (Å²) in [7, 11) is 0. The Kier molecular flexibility index (Phi) is 9.66. The first-order valence-electron chi connectivity index (χ1n) is 11.4. The van der Waals surface area contributed by atoms with E-state index in [1.54, 1.807) is 47.6 Å². The third kappa shape index (κ3) is 9.03. The Morgan fingerprint density at radius 1 is 1.03 bits per heavy atom. The second-order valence-electron chi connectivity index (χ2n) is 10.7. The van der Waals surface area contributed by atoms with Crippen molar-refractivity contribution < 1.29 is 23.9 Å². The molecule has 0 aliphatic rings. The molecule has 9 nitrogen and oxygen atoms in total. The van der Waals surface area contributed by atoms with E-state index >= 15 is 0 Å². The fourth-order valence-electron chi connectivity index (χ4n) is 3.49. The molecule has 0 aliphatic carbocycles. The number of hydrogen-bond donors (Lipinski definition) is 3. The number of amides is 4. The van der Waals surface area contributed by atoms with Crippen LogP contribution in [-0.2, 0) is 19.1 Å². The Labute approximate surface area is 202 Å². The van der Waals surface area contributed by atoms with E-state index in [0.717, 1.165) is 5.56 Å². The van der Waals surface area contributed by atoms with Gasteiger partial charge in [0.1, 0.15) is 17.7 Å². The van der Waals surface area contributed by atoms with Crippen LogP contribution in [-0.4, -0.2) is 51.9 Å². The van der Waals surface area contributed by atoms with Crippen molar-refractivity contribution in [3.8, 4) is 0 Å². The molecule has 0 aromatic heterocycles. The number of carbonyl (C=O) groups excluding carboxylic acids is 4. The zero-order valence-electron chi connectivity index (χ0n) is 21.8. The highest BCUT2D eigenvalue weighted by Gasteiger charge is 2.42. The lowest BCUT2D eigenvalue weighted by atomic mass is 9.94. The molecule has 9 heteroatoms. The molecule has 2 atom stereocenters. The lowest BCUT2D eigenvalue weighted by molar-refractivity contribution is -0.149. The van der Waals surface area contributed by atoms with E-state index in [1.165, 1.54) is 4.90 Å². The Balaban J connectivity index is 3.56. The third-order valence-corrected chi connectivity index (χ3v) is 4.65. The Hall–Kier alpha value is -3.10. The molecule has 1 aromatic carbocycles. The molecule has 1 rings (SSSR count). The van der Waals surface area contributed by atoms with Crippen molar-refractivity contribution in [3.63, 3.8) is 0 Å². The fourth-order valence-corrected chi connectivity index (χ4v) is 3.49. The number of carbonyl (C=O) groups is 4. The fraction of sp³-hybridized carbons (Fsp3) is 0.600. The second kappa shape index (κ2) is 11.4. The summed E-state index contributed by atoms with van der Waals surface area (Å²) in [5.41, 5.74) is 5.26. The molecule has 2 unspecified atom stereocenters. The van der Waals surface area contributed by atoms with Gasteiger partial charge >= 0.3 is 6.09 Å². The van der Waals surface area contributed by atoms with Gasteiger partial charge in [0.15, 0.2) is 0 Å². The molecule has 0 spiro atoms. The number of rotatable bonds is 8. The third-order valence-electron chi connectivity index (χ3n) is 4.65. The lowest BCUT2D eigenvalue weighted by Gasteiger charge is -2.43. The molecule has 0 fully saturated rings. The van der Waals surface area contributed by atoms with Gasteiger partial charge in [-0.3, -0.25) is 14.4 Å². The van der Waals surface area contributed by atoms with Crippen LogP contribution < -0.4 is 16.4 Å². The van der Waals surface area contributed by atoms with Gasteiger partial charge in [-0.15, -0.1) is 0 Å². The van der Waals surface area contributed by atoms with E-state index in [-0.39, 0.29) is 11.9 Å². The molecule has 0 saturated heterocycles. The number of nitrogens with one attached hydrogen (secondary N) is 2. The summed E-state index contributed by atoms with van der Waals surface area (Å²) in [6, 6.07) is 4.82. The van der Waals surface area contributed by atoms with E-state index in [1.807, 2.05) is 39.0 Å². The highest BCUT2D eigenvalue weighted by Crippen LogP contribution is 2.31. The van der Waals surface area contributed by atoms with Crippen molar-refractivity contribution in [2.24, 2.45) is 5.73 Å². The van der Waals surface area contributed by atoms with Crippen LogP contribution in [0.5, 0.6) is 0 Å². The largest absolute Gasteiger partial charge is 0.444 e. The van der Waals surface area contributed by atoms with Gasteiger partial charge in [-0.25, -0.2) is 4.79 Å². The smallest absolute Gasteiger partial charge is 0.408 e.